The SMILES string of the molecule is CC(C)c1ccc(Cl)cc1N1CCNCC1. The zero-order valence-corrected chi connectivity index (χ0v) is 10.7. The smallest absolute Gasteiger partial charge is 0.0426 e. The van der Waals surface area contributed by atoms with Crippen LogP contribution in [0.2, 0.25) is 5.02 Å². The number of nitrogens with zero attached hydrogens (tertiary/aromatic N) is 1. The van der Waals surface area contributed by atoms with E-state index in [1.807, 2.05) is 6.07 Å². The van der Waals surface area contributed by atoms with Crippen molar-refractivity contribution in [2.24, 2.45) is 0 Å². The Morgan fingerprint density at radius 2 is 1.94 bits per heavy atom. The number of hydrogen-bond acceptors (Lipinski definition) is 2. The van der Waals surface area contributed by atoms with Crippen LogP contribution >= 0.6 is 11.6 Å². The molecule has 0 spiro atoms. The summed E-state index contributed by atoms with van der Waals surface area (Å²) in [5, 5.41) is 4.20. The molecule has 1 heterocycles. The van der Waals surface area contributed by atoms with Gasteiger partial charge in [0, 0.05) is 36.9 Å². The number of hydrogen-bond donors (Lipinski definition) is 1. The summed E-state index contributed by atoms with van der Waals surface area (Å²) >= 11 is 6.10. The summed E-state index contributed by atoms with van der Waals surface area (Å²) in [6.07, 6.45) is 0. The molecule has 2 rings (SSSR count). The van der Waals surface area contributed by atoms with Gasteiger partial charge < -0.3 is 10.2 Å². The number of rotatable bonds is 2. The molecule has 16 heavy (non-hydrogen) atoms. The zero-order chi connectivity index (χ0) is 11.5. The number of anilines is 1. The van der Waals surface area contributed by atoms with Crippen molar-refractivity contribution in [2.75, 3.05) is 31.1 Å². The molecule has 0 atom stereocenters. The topological polar surface area (TPSA) is 15.3 Å². The van der Waals surface area contributed by atoms with Gasteiger partial charge in [0.2, 0.25) is 0 Å². The third kappa shape index (κ3) is 2.50. The van der Waals surface area contributed by atoms with E-state index in [1.165, 1.54) is 11.3 Å². The molecule has 88 valence electrons. The molecule has 0 saturated carbocycles. The highest BCUT2D eigenvalue weighted by Gasteiger charge is 2.15. The predicted octanol–water partition coefficient (Wildman–Crippen LogP) is 2.87. The molecule has 0 bridgehead atoms. The Morgan fingerprint density at radius 1 is 1.25 bits per heavy atom. The molecule has 1 saturated heterocycles. The standard InChI is InChI=1S/C13H19ClN2/c1-10(2)12-4-3-11(14)9-13(12)16-7-5-15-6-8-16/h3-4,9-10,15H,5-8H2,1-2H3. The highest BCUT2D eigenvalue weighted by atomic mass is 35.5. The summed E-state index contributed by atoms with van der Waals surface area (Å²) in [6, 6.07) is 6.25. The van der Waals surface area contributed by atoms with Crippen LogP contribution in [0.4, 0.5) is 5.69 Å². The van der Waals surface area contributed by atoms with Crippen molar-refractivity contribution < 1.29 is 0 Å². The zero-order valence-electron chi connectivity index (χ0n) is 9.96. The van der Waals surface area contributed by atoms with Crippen LogP contribution in [-0.2, 0) is 0 Å². The Balaban J connectivity index is 2.32. The molecule has 1 aromatic carbocycles. The second-order valence-electron chi connectivity index (χ2n) is 4.59. The van der Waals surface area contributed by atoms with E-state index in [2.05, 4.69) is 36.2 Å². The Kier molecular flexibility index (Phi) is 3.72. The average Bonchev–Trinajstić information content (AvgIpc) is 2.29. The summed E-state index contributed by atoms with van der Waals surface area (Å²) in [4.78, 5) is 2.43. The maximum atomic E-state index is 6.10. The molecule has 1 aliphatic heterocycles. The van der Waals surface area contributed by atoms with Gasteiger partial charge in [-0.05, 0) is 23.6 Å². The van der Waals surface area contributed by atoms with Gasteiger partial charge in [-0.25, -0.2) is 0 Å². The summed E-state index contributed by atoms with van der Waals surface area (Å²) in [5.74, 6) is 0.544. The van der Waals surface area contributed by atoms with E-state index in [4.69, 9.17) is 11.6 Å². The lowest BCUT2D eigenvalue weighted by Crippen LogP contribution is -2.43. The Labute approximate surface area is 103 Å². The van der Waals surface area contributed by atoms with Crippen LogP contribution in [0.5, 0.6) is 0 Å². The van der Waals surface area contributed by atoms with Crippen LogP contribution in [0.1, 0.15) is 25.3 Å². The van der Waals surface area contributed by atoms with E-state index in [9.17, 15) is 0 Å². The molecule has 0 radical (unpaired) electrons. The summed E-state index contributed by atoms with van der Waals surface area (Å²) in [5.41, 5.74) is 2.70. The van der Waals surface area contributed by atoms with Crippen LogP contribution < -0.4 is 10.2 Å². The van der Waals surface area contributed by atoms with Crippen molar-refractivity contribution in [3.05, 3.63) is 28.8 Å². The minimum atomic E-state index is 0.544. The summed E-state index contributed by atoms with van der Waals surface area (Å²) in [6.45, 7) is 8.72. The lowest BCUT2D eigenvalue weighted by molar-refractivity contribution is 0.586. The van der Waals surface area contributed by atoms with E-state index in [1.54, 1.807) is 0 Å². The number of piperazine rings is 1. The Morgan fingerprint density at radius 3 is 2.56 bits per heavy atom. The maximum absolute atomic E-state index is 6.10. The van der Waals surface area contributed by atoms with Gasteiger partial charge in [0.1, 0.15) is 0 Å². The van der Waals surface area contributed by atoms with Crippen LogP contribution in [0, 0.1) is 0 Å². The first kappa shape index (κ1) is 11.7. The van der Waals surface area contributed by atoms with E-state index in [0.717, 1.165) is 31.2 Å². The van der Waals surface area contributed by atoms with Crippen molar-refractivity contribution in [1.82, 2.24) is 5.32 Å². The summed E-state index contributed by atoms with van der Waals surface area (Å²) < 4.78 is 0. The lowest BCUT2D eigenvalue weighted by atomic mass is 10.00. The van der Waals surface area contributed by atoms with Crippen LogP contribution in [-0.4, -0.2) is 26.2 Å². The van der Waals surface area contributed by atoms with Crippen LogP contribution in [0.3, 0.4) is 0 Å². The fourth-order valence-corrected chi connectivity index (χ4v) is 2.35. The maximum Gasteiger partial charge on any atom is 0.0426 e. The molecule has 1 aliphatic rings. The van der Waals surface area contributed by atoms with E-state index in [0.29, 0.717) is 5.92 Å². The second kappa shape index (κ2) is 5.07. The van der Waals surface area contributed by atoms with Crippen LogP contribution in [0.15, 0.2) is 18.2 Å². The first-order chi connectivity index (χ1) is 7.68. The molecule has 3 heteroatoms. The molecule has 0 amide bonds. The molecule has 2 nitrogen and oxygen atoms in total. The first-order valence-corrected chi connectivity index (χ1v) is 6.31. The number of halogens is 1. The molecule has 1 aromatic rings. The van der Waals surface area contributed by atoms with Gasteiger partial charge in [-0.2, -0.15) is 0 Å². The van der Waals surface area contributed by atoms with Crippen molar-refractivity contribution in [3.8, 4) is 0 Å². The van der Waals surface area contributed by atoms with Crippen molar-refractivity contribution in [1.29, 1.82) is 0 Å². The molecule has 1 N–H and O–H groups in total. The quantitative estimate of drug-likeness (QED) is 0.853. The normalized spacial score (nSPS) is 16.9. The van der Waals surface area contributed by atoms with Crippen molar-refractivity contribution >= 4 is 17.3 Å². The molecule has 1 fully saturated rings. The van der Waals surface area contributed by atoms with E-state index >= 15 is 0 Å². The van der Waals surface area contributed by atoms with Gasteiger partial charge in [-0.1, -0.05) is 31.5 Å². The Hall–Kier alpha value is -0.730. The van der Waals surface area contributed by atoms with Gasteiger partial charge in [0.05, 0.1) is 0 Å². The Bertz CT molecular complexity index is 357. The molecule has 0 aromatic heterocycles. The summed E-state index contributed by atoms with van der Waals surface area (Å²) in [7, 11) is 0. The highest BCUT2D eigenvalue weighted by Crippen LogP contribution is 2.30. The first-order valence-electron chi connectivity index (χ1n) is 5.93. The molecular formula is C13H19ClN2. The van der Waals surface area contributed by atoms with Gasteiger partial charge in [-0.15, -0.1) is 0 Å². The third-order valence-electron chi connectivity index (χ3n) is 3.07. The lowest BCUT2D eigenvalue weighted by Gasteiger charge is -2.32. The highest BCUT2D eigenvalue weighted by molar-refractivity contribution is 6.30. The minimum Gasteiger partial charge on any atom is -0.369 e. The third-order valence-corrected chi connectivity index (χ3v) is 3.31. The van der Waals surface area contributed by atoms with E-state index < -0.39 is 0 Å². The predicted molar refractivity (Wildman–Crippen MR) is 70.6 cm³/mol. The average molecular weight is 239 g/mol. The van der Waals surface area contributed by atoms with Crippen molar-refractivity contribution in [2.45, 2.75) is 19.8 Å². The number of benzene rings is 1. The number of nitrogens with one attached hydrogen (secondary N) is 1. The van der Waals surface area contributed by atoms with E-state index in [-0.39, 0.29) is 0 Å². The molecule has 0 unspecified atom stereocenters. The van der Waals surface area contributed by atoms with Crippen LogP contribution in [0.25, 0.3) is 0 Å². The minimum absolute atomic E-state index is 0.544. The largest absolute Gasteiger partial charge is 0.369 e. The van der Waals surface area contributed by atoms with Crippen molar-refractivity contribution in [3.63, 3.8) is 0 Å². The second-order valence-corrected chi connectivity index (χ2v) is 5.03. The van der Waals surface area contributed by atoms with Gasteiger partial charge in [0.25, 0.3) is 0 Å². The fraction of sp³-hybridized carbons (Fsp3) is 0.538. The fourth-order valence-electron chi connectivity index (χ4n) is 2.18. The molecule has 0 aliphatic carbocycles. The van der Waals surface area contributed by atoms with Gasteiger partial charge in [0.15, 0.2) is 0 Å². The van der Waals surface area contributed by atoms with Gasteiger partial charge in [-0.3, -0.25) is 0 Å². The molecular weight excluding hydrogens is 220 g/mol. The van der Waals surface area contributed by atoms with Gasteiger partial charge >= 0.3 is 0 Å². The monoisotopic (exact) mass is 238 g/mol.